The largest absolute Gasteiger partial charge is 0.391 e. The lowest BCUT2D eigenvalue weighted by atomic mass is 9.97. The number of hydrogen-bond donors (Lipinski definition) is 5. The van der Waals surface area contributed by atoms with Gasteiger partial charge in [0, 0.05) is 17.3 Å². The fraction of sp³-hybridized carbons (Fsp3) is 0.656. The van der Waals surface area contributed by atoms with E-state index >= 15 is 0 Å². The van der Waals surface area contributed by atoms with Crippen molar-refractivity contribution in [2.45, 2.75) is 110 Å². The van der Waals surface area contributed by atoms with Gasteiger partial charge in [0.1, 0.15) is 39.5 Å². The molecular formula is C32H47N7O6S2. The van der Waals surface area contributed by atoms with Gasteiger partial charge in [0.25, 0.3) is 11.8 Å². The first-order chi connectivity index (χ1) is 22.2. The summed E-state index contributed by atoms with van der Waals surface area (Å²) >= 11 is 2.54. The number of aliphatic hydroxyl groups excluding tert-OH is 1. The first-order valence-corrected chi connectivity index (χ1v) is 18.1. The molecule has 0 aliphatic carbocycles. The third-order valence-electron chi connectivity index (χ3n) is 8.72. The van der Waals surface area contributed by atoms with E-state index in [1.54, 1.807) is 22.6 Å². The van der Waals surface area contributed by atoms with E-state index in [4.69, 9.17) is 0 Å². The van der Waals surface area contributed by atoms with Crippen LogP contribution in [0.25, 0.3) is 0 Å². The Kier molecular flexibility index (Phi) is 12.1. The molecule has 13 nitrogen and oxygen atoms in total. The van der Waals surface area contributed by atoms with Crippen LogP contribution in [-0.2, 0) is 14.4 Å². The zero-order valence-electron chi connectivity index (χ0n) is 28.0. The number of thiazole rings is 2. The molecule has 4 rings (SSSR count). The number of fused-ring (bicyclic) bond motifs is 6. The lowest BCUT2D eigenvalue weighted by Gasteiger charge is -2.32. The summed E-state index contributed by atoms with van der Waals surface area (Å²) < 4.78 is 0. The average molecular weight is 690 g/mol. The second kappa shape index (κ2) is 15.6. The van der Waals surface area contributed by atoms with Gasteiger partial charge in [-0.2, -0.15) is 0 Å². The third kappa shape index (κ3) is 8.54. The summed E-state index contributed by atoms with van der Waals surface area (Å²) in [6.45, 7) is 13.2. The van der Waals surface area contributed by atoms with Gasteiger partial charge in [0.05, 0.1) is 18.2 Å². The predicted molar refractivity (Wildman–Crippen MR) is 179 cm³/mol. The molecule has 0 spiro atoms. The van der Waals surface area contributed by atoms with Crippen LogP contribution in [0.2, 0.25) is 0 Å². The van der Waals surface area contributed by atoms with Crippen LogP contribution >= 0.6 is 22.7 Å². The van der Waals surface area contributed by atoms with Gasteiger partial charge in [-0.25, -0.2) is 9.97 Å². The van der Waals surface area contributed by atoms with Crippen LogP contribution < -0.4 is 21.3 Å². The highest BCUT2D eigenvalue weighted by molar-refractivity contribution is 7.10. The smallest absolute Gasteiger partial charge is 0.271 e. The Hall–Kier alpha value is -3.43. The summed E-state index contributed by atoms with van der Waals surface area (Å²) in [5.41, 5.74) is 0.327. The first kappa shape index (κ1) is 36.4. The minimum Gasteiger partial charge on any atom is -0.391 e. The Balaban J connectivity index is 1.76. The van der Waals surface area contributed by atoms with E-state index in [9.17, 15) is 29.1 Å². The van der Waals surface area contributed by atoms with E-state index in [0.29, 0.717) is 35.8 Å². The molecule has 0 aromatic carbocycles. The fourth-order valence-electron chi connectivity index (χ4n) is 5.81. The summed E-state index contributed by atoms with van der Waals surface area (Å²) in [5, 5.41) is 26.2. The summed E-state index contributed by atoms with van der Waals surface area (Å²) in [6, 6.07) is -4.22. The molecule has 258 valence electrons. The highest BCUT2D eigenvalue weighted by Crippen LogP contribution is 2.35. The van der Waals surface area contributed by atoms with Crippen molar-refractivity contribution in [2.75, 3.05) is 6.54 Å². The minimum absolute atomic E-state index is 0.0976. The maximum Gasteiger partial charge on any atom is 0.271 e. The molecule has 2 aliphatic rings. The maximum absolute atomic E-state index is 14.0. The Labute approximate surface area is 283 Å². The Morgan fingerprint density at radius 3 is 2.00 bits per heavy atom. The topological polar surface area (TPSA) is 183 Å². The van der Waals surface area contributed by atoms with Crippen LogP contribution in [0, 0.1) is 17.8 Å². The van der Waals surface area contributed by atoms with Crippen LogP contribution in [-0.4, -0.2) is 80.3 Å². The van der Waals surface area contributed by atoms with Crippen molar-refractivity contribution in [3.63, 3.8) is 0 Å². The van der Waals surface area contributed by atoms with Gasteiger partial charge in [-0.05, 0) is 43.9 Å². The summed E-state index contributed by atoms with van der Waals surface area (Å²) in [7, 11) is 0. The second-order valence-electron chi connectivity index (χ2n) is 13.3. The van der Waals surface area contributed by atoms with E-state index in [2.05, 4.69) is 31.2 Å². The number of hydrogen-bond acceptors (Lipinski definition) is 10. The number of nitrogens with zero attached hydrogens (tertiary/aromatic N) is 3. The molecule has 2 aromatic heterocycles. The van der Waals surface area contributed by atoms with Gasteiger partial charge < -0.3 is 31.3 Å². The number of aromatic nitrogens is 2. The van der Waals surface area contributed by atoms with Gasteiger partial charge in [-0.1, -0.05) is 48.0 Å². The van der Waals surface area contributed by atoms with E-state index in [-0.39, 0.29) is 47.0 Å². The van der Waals surface area contributed by atoms with Crippen LogP contribution in [0.1, 0.15) is 117 Å². The SMILES string of the molecule is CC[C@@H](C)[C@H]1NC(=O)c2csc(n2)[C@@H](CC(C)C)NC(=O)c2csc(n2)[C@@H]2CCCN2C(=O)[C@H](C(C)C)NC(=O)[C@H]([C@H](C)O)NC1=O. The number of carbonyl (C=O) groups is 5. The molecule has 5 amide bonds. The van der Waals surface area contributed by atoms with Gasteiger partial charge in [-0.15, -0.1) is 22.7 Å². The normalized spacial score (nSPS) is 26.2. The molecule has 47 heavy (non-hydrogen) atoms. The highest BCUT2D eigenvalue weighted by atomic mass is 32.1. The first-order valence-electron chi connectivity index (χ1n) is 16.3. The molecule has 1 saturated heterocycles. The van der Waals surface area contributed by atoms with Crippen LogP contribution in [0.3, 0.4) is 0 Å². The number of carbonyl (C=O) groups excluding carboxylic acids is 5. The fourth-order valence-corrected chi connectivity index (χ4v) is 7.62. The van der Waals surface area contributed by atoms with E-state index in [0.717, 1.165) is 6.42 Å². The molecule has 5 N–H and O–H groups in total. The van der Waals surface area contributed by atoms with Gasteiger partial charge in [-0.3, -0.25) is 24.0 Å². The predicted octanol–water partition coefficient (Wildman–Crippen LogP) is 2.94. The lowest BCUT2D eigenvalue weighted by Crippen LogP contribution is -2.61. The Bertz CT molecular complexity index is 1460. The van der Waals surface area contributed by atoms with Crippen molar-refractivity contribution in [3.05, 3.63) is 32.2 Å². The van der Waals surface area contributed by atoms with E-state index in [1.165, 1.54) is 29.6 Å². The standard InChI is InChI=1S/C32H47N7O6S2/c1-8-17(6)24-28(43)38-25(18(7)40)29(44)36-23(16(4)5)32(45)39-11-9-10-22(39)31-35-20(14-47-31)26(41)33-19(12-15(2)3)30-34-21(13-46-30)27(42)37-24/h13-19,22-25,40H,8-12H2,1-7H3,(H,33,41)(H,36,44)(H,37,42)(H,38,43)/t17-,18+,19-,22+,23+,24-,25+/m1/s1. The molecular weight excluding hydrogens is 643 g/mol. The van der Waals surface area contributed by atoms with Crippen LogP contribution in [0.4, 0.5) is 0 Å². The molecule has 4 bridgehead atoms. The minimum atomic E-state index is -1.38. The van der Waals surface area contributed by atoms with Crippen molar-refractivity contribution in [2.24, 2.45) is 17.8 Å². The highest BCUT2D eigenvalue weighted by Gasteiger charge is 2.40. The molecule has 2 aromatic rings. The van der Waals surface area contributed by atoms with E-state index < -0.39 is 48.0 Å². The van der Waals surface area contributed by atoms with Crippen LogP contribution in [0.5, 0.6) is 0 Å². The molecule has 1 fully saturated rings. The van der Waals surface area contributed by atoms with Gasteiger partial charge in [0.15, 0.2) is 0 Å². The van der Waals surface area contributed by atoms with Crippen molar-refractivity contribution >= 4 is 52.2 Å². The number of amides is 5. The lowest BCUT2D eigenvalue weighted by molar-refractivity contribution is -0.140. The molecule has 0 saturated carbocycles. The number of aliphatic hydroxyl groups is 1. The molecule has 0 unspecified atom stereocenters. The van der Waals surface area contributed by atoms with Crippen molar-refractivity contribution in [1.82, 2.24) is 36.1 Å². The molecule has 0 radical (unpaired) electrons. The average Bonchev–Trinajstić information content (AvgIpc) is 3.79. The number of rotatable bonds is 6. The monoisotopic (exact) mass is 689 g/mol. The molecule has 7 atom stereocenters. The summed E-state index contributed by atoms with van der Waals surface area (Å²) in [5.74, 6) is -3.08. The second-order valence-corrected chi connectivity index (χ2v) is 15.1. The Morgan fingerprint density at radius 1 is 0.830 bits per heavy atom. The van der Waals surface area contributed by atoms with Gasteiger partial charge >= 0.3 is 0 Å². The summed E-state index contributed by atoms with van der Waals surface area (Å²) in [4.78, 5) is 79.0. The third-order valence-corrected chi connectivity index (χ3v) is 10.6. The number of nitrogens with one attached hydrogen (secondary N) is 4. The van der Waals surface area contributed by atoms with Crippen molar-refractivity contribution in [3.8, 4) is 0 Å². The molecule has 2 aliphatic heterocycles. The van der Waals surface area contributed by atoms with Crippen LogP contribution in [0.15, 0.2) is 10.8 Å². The van der Waals surface area contributed by atoms with Crippen molar-refractivity contribution in [1.29, 1.82) is 0 Å². The zero-order chi connectivity index (χ0) is 34.6. The van der Waals surface area contributed by atoms with E-state index in [1.807, 2.05) is 34.6 Å². The van der Waals surface area contributed by atoms with Gasteiger partial charge in [0.2, 0.25) is 17.7 Å². The zero-order valence-corrected chi connectivity index (χ0v) is 29.7. The maximum atomic E-state index is 14.0. The Morgan fingerprint density at radius 2 is 1.40 bits per heavy atom. The van der Waals surface area contributed by atoms with Crippen molar-refractivity contribution < 1.29 is 29.1 Å². The molecule has 15 heteroatoms. The summed E-state index contributed by atoms with van der Waals surface area (Å²) in [6.07, 6.45) is 1.19. The molecule has 4 heterocycles. The quantitative estimate of drug-likeness (QED) is 0.307.